The number of nitrogens with zero attached hydrogens (tertiary/aromatic N) is 1. The highest BCUT2D eigenvalue weighted by molar-refractivity contribution is 7.80. The Bertz CT molecular complexity index is 581. The van der Waals surface area contributed by atoms with Crippen LogP contribution in [0.4, 0.5) is 5.69 Å². The molecule has 0 radical (unpaired) electrons. The van der Waals surface area contributed by atoms with Crippen molar-refractivity contribution >= 4 is 18.3 Å². The van der Waals surface area contributed by atoms with Crippen LogP contribution in [-0.4, -0.2) is 18.8 Å². The molecule has 0 saturated carbocycles. The summed E-state index contributed by atoms with van der Waals surface area (Å²) < 4.78 is 0. The van der Waals surface area contributed by atoms with Gasteiger partial charge in [-0.25, -0.2) is 0 Å². The molecule has 1 nitrogen and oxygen atoms in total. The predicted octanol–water partition coefficient (Wildman–Crippen LogP) is 4.40. The molecule has 110 valence electrons. The van der Waals surface area contributed by atoms with Crippen molar-refractivity contribution in [3.63, 3.8) is 0 Å². The highest BCUT2D eigenvalue weighted by atomic mass is 32.1. The molecule has 0 aliphatic carbocycles. The number of fused-ring (bicyclic) bond motifs is 1. The van der Waals surface area contributed by atoms with E-state index in [1.54, 1.807) is 0 Å². The lowest BCUT2D eigenvalue weighted by molar-refractivity contribution is 0.520. The molecule has 0 aromatic heterocycles. The van der Waals surface area contributed by atoms with Gasteiger partial charge >= 0.3 is 0 Å². The van der Waals surface area contributed by atoms with Crippen molar-refractivity contribution in [2.75, 3.05) is 23.7 Å². The van der Waals surface area contributed by atoms with Crippen LogP contribution in [0.15, 0.2) is 54.6 Å². The van der Waals surface area contributed by atoms with Crippen LogP contribution >= 0.6 is 12.6 Å². The second-order valence-electron chi connectivity index (χ2n) is 6.13. The van der Waals surface area contributed by atoms with Crippen LogP contribution in [0.5, 0.6) is 0 Å². The molecule has 0 N–H and O–H groups in total. The largest absolute Gasteiger partial charge is 0.370 e. The SMILES string of the molecule is CC1Cc2ccccc2N(CC(CS)c2ccccc2)C1. The molecule has 0 saturated heterocycles. The number of para-hydroxylation sites is 1. The van der Waals surface area contributed by atoms with Crippen molar-refractivity contribution in [2.45, 2.75) is 19.3 Å². The molecule has 2 aromatic carbocycles. The van der Waals surface area contributed by atoms with E-state index in [0.29, 0.717) is 5.92 Å². The average Bonchev–Trinajstić information content (AvgIpc) is 2.53. The van der Waals surface area contributed by atoms with Crippen molar-refractivity contribution in [2.24, 2.45) is 5.92 Å². The lowest BCUT2D eigenvalue weighted by Gasteiger charge is -2.37. The second-order valence-corrected chi connectivity index (χ2v) is 6.50. The number of rotatable bonds is 4. The number of thiol groups is 1. The third-order valence-electron chi connectivity index (χ3n) is 4.36. The Hall–Kier alpha value is -1.41. The van der Waals surface area contributed by atoms with E-state index in [2.05, 4.69) is 79.0 Å². The van der Waals surface area contributed by atoms with Crippen molar-refractivity contribution < 1.29 is 0 Å². The molecule has 0 fully saturated rings. The second kappa shape index (κ2) is 6.57. The Labute approximate surface area is 133 Å². The summed E-state index contributed by atoms with van der Waals surface area (Å²) in [6.07, 6.45) is 1.20. The Morgan fingerprint density at radius 3 is 2.57 bits per heavy atom. The fraction of sp³-hybridized carbons (Fsp3) is 0.368. The van der Waals surface area contributed by atoms with E-state index >= 15 is 0 Å². The van der Waals surface area contributed by atoms with Crippen molar-refractivity contribution in [3.05, 3.63) is 65.7 Å². The topological polar surface area (TPSA) is 3.24 Å². The molecular formula is C19H23NS. The van der Waals surface area contributed by atoms with E-state index < -0.39 is 0 Å². The van der Waals surface area contributed by atoms with Crippen LogP contribution < -0.4 is 4.90 Å². The van der Waals surface area contributed by atoms with Crippen LogP contribution in [0.2, 0.25) is 0 Å². The van der Waals surface area contributed by atoms with Gasteiger partial charge in [0.2, 0.25) is 0 Å². The highest BCUT2D eigenvalue weighted by Crippen LogP contribution is 2.31. The highest BCUT2D eigenvalue weighted by Gasteiger charge is 2.23. The molecule has 1 heterocycles. The minimum Gasteiger partial charge on any atom is -0.370 e. The summed E-state index contributed by atoms with van der Waals surface area (Å²) in [6, 6.07) is 19.6. The predicted molar refractivity (Wildman–Crippen MR) is 94.6 cm³/mol. The number of hydrogen-bond acceptors (Lipinski definition) is 2. The van der Waals surface area contributed by atoms with E-state index in [1.807, 2.05) is 0 Å². The quantitative estimate of drug-likeness (QED) is 0.819. The van der Waals surface area contributed by atoms with Crippen molar-refractivity contribution in [3.8, 4) is 0 Å². The molecule has 2 atom stereocenters. The molecule has 0 amide bonds. The van der Waals surface area contributed by atoms with E-state index in [-0.39, 0.29) is 0 Å². The Morgan fingerprint density at radius 1 is 1.10 bits per heavy atom. The van der Waals surface area contributed by atoms with Gasteiger partial charge in [0.1, 0.15) is 0 Å². The summed E-state index contributed by atoms with van der Waals surface area (Å²) in [5, 5.41) is 0. The molecule has 2 heteroatoms. The number of hydrogen-bond donors (Lipinski definition) is 1. The molecule has 2 aromatic rings. The van der Waals surface area contributed by atoms with Gasteiger partial charge in [0, 0.05) is 24.7 Å². The van der Waals surface area contributed by atoms with Gasteiger partial charge in [-0.15, -0.1) is 0 Å². The molecule has 1 aliphatic rings. The maximum Gasteiger partial charge on any atom is 0.0399 e. The first-order chi connectivity index (χ1) is 10.3. The van der Waals surface area contributed by atoms with Crippen LogP contribution in [0.3, 0.4) is 0 Å². The van der Waals surface area contributed by atoms with Crippen molar-refractivity contribution in [1.82, 2.24) is 0 Å². The fourth-order valence-corrected chi connectivity index (χ4v) is 3.67. The maximum absolute atomic E-state index is 4.59. The summed E-state index contributed by atoms with van der Waals surface area (Å²) >= 11 is 4.59. The van der Waals surface area contributed by atoms with Crippen molar-refractivity contribution in [1.29, 1.82) is 0 Å². The van der Waals surface area contributed by atoms with Crippen LogP contribution in [-0.2, 0) is 6.42 Å². The number of anilines is 1. The van der Waals surface area contributed by atoms with Gasteiger partial charge in [-0.1, -0.05) is 55.5 Å². The van der Waals surface area contributed by atoms with E-state index in [1.165, 1.54) is 23.2 Å². The van der Waals surface area contributed by atoms with Gasteiger partial charge in [-0.3, -0.25) is 0 Å². The zero-order chi connectivity index (χ0) is 14.7. The molecule has 3 rings (SSSR count). The Morgan fingerprint density at radius 2 is 1.81 bits per heavy atom. The van der Waals surface area contributed by atoms with E-state index in [4.69, 9.17) is 0 Å². The Balaban J connectivity index is 1.84. The summed E-state index contributed by atoms with van der Waals surface area (Å²) in [4.78, 5) is 2.55. The third-order valence-corrected chi connectivity index (χ3v) is 4.81. The molecule has 21 heavy (non-hydrogen) atoms. The molecule has 0 spiro atoms. The van der Waals surface area contributed by atoms with Gasteiger partial charge in [0.15, 0.2) is 0 Å². The minimum atomic E-state index is 0.480. The lowest BCUT2D eigenvalue weighted by Crippen LogP contribution is -2.37. The minimum absolute atomic E-state index is 0.480. The van der Waals surface area contributed by atoms with Gasteiger partial charge < -0.3 is 4.90 Å². The zero-order valence-electron chi connectivity index (χ0n) is 12.6. The van der Waals surface area contributed by atoms with Crippen LogP contribution in [0.1, 0.15) is 24.0 Å². The smallest absolute Gasteiger partial charge is 0.0399 e. The first kappa shape index (κ1) is 14.5. The van der Waals surface area contributed by atoms with Crippen LogP contribution in [0.25, 0.3) is 0 Å². The monoisotopic (exact) mass is 297 g/mol. The molecule has 1 aliphatic heterocycles. The summed E-state index contributed by atoms with van der Waals surface area (Å²) in [5.74, 6) is 2.08. The maximum atomic E-state index is 4.59. The molecule has 2 unspecified atom stereocenters. The average molecular weight is 297 g/mol. The van der Waals surface area contributed by atoms with Gasteiger partial charge in [0.05, 0.1) is 0 Å². The lowest BCUT2D eigenvalue weighted by atomic mass is 9.92. The van der Waals surface area contributed by atoms with E-state index in [9.17, 15) is 0 Å². The van der Waals surface area contributed by atoms with Crippen LogP contribution in [0, 0.1) is 5.92 Å². The number of benzene rings is 2. The van der Waals surface area contributed by atoms with Gasteiger partial charge in [-0.05, 0) is 35.3 Å². The van der Waals surface area contributed by atoms with Gasteiger partial charge in [-0.2, -0.15) is 12.6 Å². The van der Waals surface area contributed by atoms with E-state index in [0.717, 1.165) is 24.8 Å². The molecular weight excluding hydrogens is 274 g/mol. The summed E-state index contributed by atoms with van der Waals surface area (Å²) in [7, 11) is 0. The molecule has 0 bridgehead atoms. The summed E-state index contributed by atoms with van der Waals surface area (Å²) in [5.41, 5.74) is 4.30. The third kappa shape index (κ3) is 3.26. The standard InChI is InChI=1S/C19H23NS/c1-15-11-17-9-5-6-10-19(17)20(12-15)13-18(14-21)16-7-3-2-4-8-16/h2-10,15,18,21H,11-14H2,1H3. The zero-order valence-corrected chi connectivity index (χ0v) is 13.5. The fourth-order valence-electron chi connectivity index (χ4n) is 3.34. The summed E-state index contributed by atoms with van der Waals surface area (Å²) in [6.45, 7) is 4.55. The first-order valence-electron chi connectivity index (χ1n) is 7.76. The normalized spacial score (nSPS) is 19.1. The Kier molecular flexibility index (Phi) is 4.54. The first-order valence-corrected chi connectivity index (χ1v) is 8.40. The van der Waals surface area contributed by atoms with Gasteiger partial charge in [0.25, 0.3) is 0 Å².